The molecule has 0 radical (unpaired) electrons. The number of hydrogen-bond acceptors (Lipinski definition) is 4. The maximum absolute atomic E-state index is 12.1. The van der Waals surface area contributed by atoms with Crippen molar-refractivity contribution in [3.63, 3.8) is 0 Å². The van der Waals surface area contributed by atoms with E-state index in [1.807, 2.05) is 0 Å². The summed E-state index contributed by atoms with van der Waals surface area (Å²) < 4.78 is 24.7. The second-order valence-corrected chi connectivity index (χ2v) is 9.02. The molecule has 1 aromatic rings. The summed E-state index contributed by atoms with van der Waals surface area (Å²) in [5.41, 5.74) is 0.978. The average molecular weight is 368 g/mol. The first-order valence-corrected chi connectivity index (χ1v) is 10.7. The van der Waals surface area contributed by atoms with Gasteiger partial charge in [0.1, 0.15) is 0 Å². The van der Waals surface area contributed by atoms with Crippen LogP contribution in [0.1, 0.15) is 37.0 Å². The first-order chi connectivity index (χ1) is 11.7. The number of likely N-dealkylation sites (tertiary alicyclic amines) is 1. The predicted molar refractivity (Wildman–Crippen MR) is 101 cm³/mol. The molecule has 2 N–H and O–H groups in total. The fourth-order valence-electron chi connectivity index (χ4n) is 3.48. The van der Waals surface area contributed by atoms with Gasteiger partial charge in [0, 0.05) is 30.9 Å². The standard InChI is InChI=1S/C18H29N3O3S/c1-14-11-15(2)13-21(12-14)10-4-9-19-18(22)16-5-7-17(8-6-16)20-25(3,23)24/h5-8,14-15,20H,4,9-13H2,1-3H3,(H,19,22)/t14-,15-/m1/s1. The largest absolute Gasteiger partial charge is 0.352 e. The highest BCUT2D eigenvalue weighted by Gasteiger charge is 2.21. The van der Waals surface area contributed by atoms with Crippen LogP contribution in [0.2, 0.25) is 0 Å². The van der Waals surface area contributed by atoms with Crippen molar-refractivity contribution in [2.45, 2.75) is 26.7 Å². The normalized spacial score (nSPS) is 21.7. The number of nitrogens with zero attached hydrogens (tertiary/aromatic N) is 1. The van der Waals surface area contributed by atoms with E-state index in [-0.39, 0.29) is 5.91 Å². The van der Waals surface area contributed by atoms with Gasteiger partial charge in [0.05, 0.1) is 6.26 Å². The molecule has 1 heterocycles. The van der Waals surface area contributed by atoms with Gasteiger partial charge in [-0.3, -0.25) is 9.52 Å². The summed E-state index contributed by atoms with van der Waals surface area (Å²) in [5, 5.41) is 2.92. The third-order valence-electron chi connectivity index (χ3n) is 4.33. The van der Waals surface area contributed by atoms with Crippen LogP contribution in [0.5, 0.6) is 0 Å². The Morgan fingerprint density at radius 2 is 1.76 bits per heavy atom. The molecule has 2 atom stereocenters. The smallest absolute Gasteiger partial charge is 0.251 e. The molecule has 0 aliphatic carbocycles. The Bertz CT molecular complexity index is 663. The number of carbonyl (C=O) groups excluding carboxylic acids is 1. The van der Waals surface area contributed by atoms with Gasteiger partial charge in [-0.25, -0.2) is 8.42 Å². The van der Waals surface area contributed by atoms with E-state index in [9.17, 15) is 13.2 Å². The predicted octanol–water partition coefficient (Wildman–Crippen LogP) is 2.16. The molecule has 7 heteroatoms. The van der Waals surface area contributed by atoms with Crippen molar-refractivity contribution in [2.24, 2.45) is 11.8 Å². The van der Waals surface area contributed by atoms with Crippen LogP contribution < -0.4 is 10.0 Å². The molecule has 0 spiro atoms. The van der Waals surface area contributed by atoms with Crippen LogP contribution in [0.4, 0.5) is 5.69 Å². The minimum absolute atomic E-state index is 0.133. The molecule has 0 unspecified atom stereocenters. The monoisotopic (exact) mass is 367 g/mol. The number of amides is 1. The zero-order chi connectivity index (χ0) is 18.4. The highest BCUT2D eigenvalue weighted by atomic mass is 32.2. The summed E-state index contributed by atoms with van der Waals surface area (Å²) in [7, 11) is -3.30. The molecule has 1 saturated heterocycles. The van der Waals surface area contributed by atoms with Crippen molar-refractivity contribution >= 4 is 21.6 Å². The Morgan fingerprint density at radius 3 is 2.32 bits per heavy atom. The molecule has 0 bridgehead atoms. The first-order valence-electron chi connectivity index (χ1n) is 8.81. The van der Waals surface area contributed by atoms with Crippen LogP contribution in [0.15, 0.2) is 24.3 Å². The highest BCUT2D eigenvalue weighted by molar-refractivity contribution is 7.92. The Morgan fingerprint density at radius 1 is 1.16 bits per heavy atom. The summed E-state index contributed by atoms with van der Waals surface area (Å²) in [6.45, 7) is 8.53. The van der Waals surface area contributed by atoms with Gasteiger partial charge in [0.15, 0.2) is 0 Å². The van der Waals surface area contributed by atoms with Crippen LogP contribution in [-0.4, -0.2) is 51.7 Å². The van der Waals surface area contributed by atoms with Crippen molar-refractivity contribution < 1.29 is 13.2 Å². The molecule has 6 nitrogen and oxygen atoms in total. The Labute approximate surface area is 151 Å². The number of carbonyl (C=O) groups is 1. The number of benzene rings is 1. The summed E-state index contributed by atoms with van der Waals surface area (Å²) in [5.74, 6) is 1.36. The molecule has 140 valence electrons. The number of hydrogen-bond donors (Lipinski definition) is 2. The minimum atomic E-state index is -3.30. The summed E-state index contributed by atoms with van der Waals surface area (Å²) in [4.78, 5) is 14.6. The van der Waals surface area contributed by atoms with Crippen molar-refractivity contribution in [1.29, 1.82) is 0 Å². The summed E-state index contributed by atoms with van der Waals surface area (Å²) in [6.07, 6.45) is 3.33. The first kappa shape index (κ1) is 19.7. The number of piperidine rings is 1. The zero-order valence-corrected chi connectivity index (χ0v) is 16.1. The van der Waals surface area contributed by atoms with Crippen LogP contribution in [0, 0.1) is 11.8 Å². The zero-order valence-electron chi connectivity index (χ0n) is 15.3. The molecule has 2 rings (SSSR count). The molecule has 1 fully saturated rings. The van der Waals surface area contributed by atoms with E-state index in [1.54, 1.807) is 24.3 Å². The third kappa shape index (κ3) is 7.04. The Hall–Kier alpha value is -1.60. The third-order valence-corrected chi connectivity index (χ3v) is 4.94. The second kappa shape index (κ2) is 8.67. The van der Waals surface area contributed by atoms with Crippen molar-refractivity contribution in [3.05, 3.63) is 29.8 Å². The van der Waals surface area contributed by atoms with Gasteiger partial charge in [-0.1, -0.05) is 13.8 Å². The molecule has 25 heavy (non-hydrogen) atoms. The topological polar surface area (TPSA) is 78.5 Å². The number of sulfonamides is 1. The van der Waals surface area contributed by atoms with Crippen molar-refractivity contribution in [2.75, 3.05) is 37.2 Å². The van der Waals surface area contributed by atoms with E-state index in [0.717, 1.165) is 44.1 Å². The summed E-state index contributed by atoms with van der Waals surface area (Å²) >= 11 is 0. The van der Waals surface area contributed by atoms with Crippen molar-refractivity contribution in [1.82, 2.24) is 10.2 Å². The van der Waals surface area contributed by atoms with Crippen molar-refractivity contribution in [3.8, 4) is 0 Å². The molecular formula is C18H29N3O3S. The number of rotatable bonds is 7. The molecule has 0 aromatic heterocycles. The highest BCUT2D eigenvalue weighted by Crippen LogP contribution is 2.20. The quantitative estimate of drug-likeness (QED) is 0.724. The SMILES string of the molecule is C[C@@H]1C[C@@H](C)CN(CCCNC(=O)c2ccc(NS(C)(=O)=O)cc2)C1. The molecule has 1 amide bonds. The van der Waals surface area contributed by atoms with Gasteiger partial charge in [-0.05, 0) is 55.5 Å². The van der Waals surface area contributed by atoms with E-state index in [2.05, 4.69) is 28.8 Å². The number of nitrogens with one attached hydrogen (secondary N) is 2. The lowest BCUT2D eigenvalue weighted by molar-refractivity contribution is 0.0947. The molecule has 0 saturated carbocycles. The van der Waals surface area contributed by atoms with E-state index < -0.39 is 10.0 Å². The van der Waals surface area contributed by atoms with Gasteiger partial charge < -0.3 is 10.2 Å². The summed E-state index contributed by atoms with van der Waals surface area (Å²) in [6, 6.07) is 6.42. The molecule has 1 aliphatic rings. The maximum atomic E-state index is 12.1. The maximum Gasteiger partial charge on any atom is 0.251 e. The Balaban J connectivity index is 1.73. The van der Waals surface area contributed by atoms with E-state index >= 15 is 0 Å². The fourth-order valence-corrected chi connectivity index (χ4v) is 4.05. The van der Waals surface area contributed by atoms with E-state index in [1.165, 1.54) is 6.42 Å². The molecular weight excluding hydrogens is 338 g/mol. The lowest BCUT2D eigenvalue weighted by Gasteiger charge is -2.34. The average Bonchev–Trinajstić information content (AvgIpc) is 2.49. The number of anilines is 1. The van der Waals surface area contributed by atoms with Gasteiger partial charge in [-0.15, -0.1) is 0 Å². The fraction of sp³-hybridized carbons (Fsp3) is 0.611. The Kier molecular flexibility index (Phi) is 6.84. The second-order valence-electron chi connectivity index (χ2n) is 7.27. The van der Waals surface area contributed by atoms with E-state index in [4.69, 9.17) is 0 Å². The van der Waals surface area contributed by atoms with Gasteiger partial charge in [0.2, 0.25) is 10.0 Å². The van der Waals surface area contributed by atoms with Gasteiger partial charge in [-0.2, -0.15) is 0 Å². The van der Waals surface area contributed by atoms with Gasteiger partial charge in [0.25, 0.3) is 5.91 Å². The lowest BCUT2D eigenvalue weighted by atomic mass is 9.92. The van der Waals surface area contributed by atoms with E-state index in [0.29, 0.717) is 17.8 Å². The van der Waals surface area contributed by atoms with Gasteiger partial charge >= 0.3 is 0 Å². The van der Waals surface area contributed by atoms with Crippen LogP contribution in [-0.2, 0) is 10.0 Å². The minimum Gasteiger partial charge on any atom is -0.352 e. The molecule has 1 aromatic carbocycles. The lowest BCUT2D eigenvalue weighted by Crippen LogP contribution is -2.40. The van der Waals surface area contributed by atoms with Crippen LogP contribution in [0.3, 0.4) is 0 Å². The molecule has 1 aliphatic heterocycles. The van der Waals surface area contributed by atoms with Crippen LogP contribution in [0.25, 0.3) is 0 Å². The van der Waals surface area contributed by atoms with Crippen LogP contribution >= 0.6 is 0 Å².